The van der Waals surface area contributed by atoms with Gasteiger partial charge in [0.15, 0.2) is 10.5 Å². The van der Waals surface area contributed by atoms with Gasteiger partial charge >= 0.3 is 0 Å². The third-order valence-electron chi connectivity index (χ3n) is 3.72. The van der Waals surface area contributed by atoms with Crippen molar-refractivity contribution in [2.45, 2.75) is 26.3 Å². The Morgan fingerprint density at radius 2 is 2.04 bits per heavy atom. The minimum atomic E-state index is -0.442. The molecule has 0 aliphatic carbocycles. The maximum atomic E-state index is 12.4. The Bertz CT molecular complexity index is 1010. The molecular formula is C17H18N4O2S. The fourth-order valence-corrected chi connectivity index (χ4v) is 3.38. The highest BCUT2D eigenvalue weighted by molar-refractivity contribution is 7.16. The molecule has 3 rings (SSSR count). The van der Waals surface area contributed by atoms with Crippen LogP contribution in [0, 0.1) is 0 Å². The lowest BCUT2D eigenvalue weighted by molar-refractivity contribution is 0.0990. The number of benzene rings is 1. The molecule has 2 heterocycles. The predicted molar refractivity (Wildman–Crippen MR) is 94.1 cm³/mol. The van der Waals surface area contributed by atoms with Crippen LogP contribution in [0.2, 0.25) is 0 Å². The summed E-state index contributed by atoms with van der Waals surface area (Å²) < 4.78 is 4.27. The van der Waals surface area contributed by atoms with Crippen molar-refractivity contribution in [3.8, 4) is 0 Å². The van der Waals surface area contributed by atoms with Crippen molar-refractivity contribution in [3.05, 3.63) is 57.2 Å². The zero-order chi connectivity index (χ0) is 17.1. The summed E-state index contributed by atoms with van der Waals surface area (Å²) in [5, 5.41) is 4.15. The van der Waals surface area contributed by atoms with Crippen LogP contribution in [0.25, 0.3) is 10.2 Å². The standard InChI is InChI=1S/C17H18N4O2S/c1-3-4-11-21-15(22)10-9-12(19-21)16(23)18-17-20(2)13-7-5-6-8-14(13)24-17/h5-10H,3-4,11H2,1-2H3. The van der Waals surface area contributed by atoms with Gasteiger partial charge in [-0.1, -0.05) is 36.8 Å². The monoisotopic (exact) mass is 342 g/mol. The number of para-hydroxylation sites is 1. The van der Waals surface area contributed by atoms with Crippen LogP contribution in [0.3, 0.4) is 0 Å². The van der Waals surface area contributed by atoms with Gasteiger partial charge in [0.05, 0.1) is 10.2 Å². The van der Waals surface area contributed by atoms with Crippen molar-refractivity contribution >= 4 is 27.5 Å². The molecule has 6 nitrogen and oxygen atoms in total. The molecule has 0 saturated heterocycles. The van der Waals surface area contributed by atoms with E-state index in [4.69, 9.17) is 0 Å². The number of thiazole rings is 1. The first-order valence-corrected chi connectivity index (χ1v) is 8.63. The molecule has 1 aromatic carbocycles. The number of aromatic nitrogens is 3. The molecular weight excluding hydrogens is 324 g/mol. The SMILES string of the molecule is CCCCn1nc(C(=O)N=c2sc3ccccc3n2C)ccc1=O. The Kier molecular flexibility index (Phi) is 4.71. The van der Waals surface area contributed by atoms with Crippen molar-refractivity contribution in [1.29, 1.82) is 0 Å². The summed E-state index contributed by atoms with van der Waals surface area (Å²) in [5.41, 5.74) is 1.01. The third-order valence-corrected chi connectivity index (χ3v) is 4.83. The molecule has 3 aromatic rings. The molecule has 1 amide bonds. The molecule has 0 radical (unpaired) electrons. The van der Waals surface area contributed by atoms with E-state index in [-0.39, 0.29) is 11.3 Å². The van der Waals surface area contributed by atoms with Gasteiger partial charge in [-0.2, -0.15) is 10.1 Å². The number of carbonyl (C=O) groups is 1. The lowest BCUT2D eigenvalue weighted by Gasteiger charge is -2.03. The molecule has 0 atom stereocenters. The summed E-state index contributed by atoms with van der Waals surface area (Å²) in [5.74, 6) is -0.442. The Labute approximate surface area is 142 Å². The molecule has 0 unspecified atom stereocenters. The average molecular weight is 342 g/mol. The Morgan fingerprint density at radius 3 is 2.79 bits per heavy atom. The van der Waals surface area contributed by atoms with E-state index in [1.165, 1.54) is 28.2 Å². The lowest BCUT2D eigenvalue weighted by Crippen LogP contribution is -2.24. The maximum Gasteiger partial charge on any atom is 0.300 e. The number of nitrogens with zero attached hydrogens (tertiary/aromatic N) is 4. The van der Waals surface area contributed by atoms with E-state index in [1.54, 1.807) is 0 Å². The molecule has 0 N–H and O–H groups in total. The average Bonchev–Trinajstić information content (AvgIpc) is 2.90. The molecule has 0 fully saturated rings. The summed E-state index contributed by atoms with van der Waals surface area (Å²) >= 11 is 1.45. The Morgan fingerprint density at radius 1 is 1.25 bits per heavy atom. The quantitative estimate of drug-likeness (QED) is 0.731. The van der Waals surface area contributed by atoms with Gasteiger partial charge in [-0.25, -0.2) is 4.68 Å². The van der Waals surface area contributed by atoms with Crippen molar-refractivity contribution in [3.63, 3.8) is 0 Å². The molecule has 2 aromatic heterocycles. The molecule has 0 spiro atoms. The van der Waals surface area contributed by atoms with E-state index in [9.17, 15) is 9.59 Å². The van der Waals surface area contributed by atoms with E-state index in [0.717, 1.165) is 23.1 Å². The van der Waals surface area contributed by atoms with Crippen molar-refractivity contribution in [1.82, 2.24) is 14.3 Å². The van der Waals surface area contributed by atoms with Gasteiger partial charge in [0.2, 0.25) is 0 Å². The number of unbranched alkanes of at least 4 members (excludes halogenated alkanes) is 1. The van der Waals surface area contributed by atoms with Crippen molar-refractivity contribution in [2.24, 2.45) is 12.0 Å². The number of aryl methyl sites for hydroxylation is 2. The minimum Gasteiger partial charge on any atom is -0.319 e. The van der Waals surface area contributed by atoms with Crippen LogP contribution in [0.5, 0.6) is 0 Å². The molecule has 124 valence electrons. The fourth-order valence-electron chi connectivity index (χ4n) is 2.36. The first-order valence-electron chi connectivity index (χ1n) is 7.82. The van der Waals surface area contributed by atoms with E-state index >= 15 is 0 Å². The van der Waals surface area contributed by atoms with Gasteiger partial charge < -0.3 is 4.57 Å². The molecule has 0 aliphatic heterocycles. The minimum absolute atomic E-state index is 0.183. The van der Waals surface area contributed by atoms with E-state index < -0.39 is 5.91 Å². The topological polar surface area (TPSA) is 69.2 Å². The number of amides is 1. The largest absolute Gasteiger partial charge is 0.319 e. The van der Waals surface area contributed by atoms with E-state index in [2.05, 4.69) is 10.1 Å². The van der Waals surface area contributed by atoms with Gasteiger partial charge in [0, 0.05) is 19.7 Å². The van der Waals surface area contributed by atoms with Crippen LogP contribution in [0.15, 0.2) is 46.2 Å². The Hall–Kier alpha value is -2.54. The van der Waals surface area contributed by atoms with Gasteiger partial charge in [-0.3, -0.25) is 9.59 Å². The normalized spacial score (nSPS) is 12.0. The maximum absolute atomic E-state index is 12.4. The van der Waals surface area contributed by atoms with Crippen LogP contribution in [-0.4, -0.2) is 20.3 Å². The third kappa shape index (κ3) is 3.21. The van der Waals surface area contributed by atoms with E-state index in [1.807, 2.05) is 42.8 Å². The van der Waals surface area contributed by atoms with E-state index in [0.29, 0.717) is 11.3 Å². The van der Waals surface area contributed by atoms with Gasteiger partial charge in [0.25, 0.3) is 11.5 Å². The summed E-state index contributed by atoms with van der Waals surface area (Å²) in [7, 11) is 1.88. The highest BCUT2D eigenvalue weighted by Crippen LogP contribution is 2.15. The highest BCUT2D eigenvalue weighted by Gasteiger charge is 2.10. The first kappa shape index (κ1) is 16.3. The number of hydrogen-bond acceptors (Lipinski definition) is 4. The van der Waals surface area contributed by atoms with Crippen LogP contribution in [0.4, 0.5) is 0 Å². The molecule has 24 heavy (non-hydrogen) atoms. The van der Waals surface area contributed by atoms with Crippen LogP contribution in [-0.2, 0) is 13.6 Å². The molecule has 0 aliphatic rings. The molecule has 7 heteroatoms. The number of carbonyl (C=O) groups excluding carboxylic acids is 1. The van der Waals surface area contributed by atoms with Gasteiger partial charge in [0.1, 0.15) is 0 Å². The predicted octanol–water partition coefficient (Wildman–Crippen LogP) is 2.34. The second kappa shape index (κ2) is 6.92. The summed E-state index contributed by atoms with van der Waals surface area (Å²) in [6.07, 6.45) is 1.79. The summed E-state index contributed by atoms with van der Waals surface area (Å²) in [4.78, 5) is 29.0. The summed E-state index contributed by atoms with van der Waals surface area (Å²) in [6, 6.07) is 10.7. The highest BCUT2D eigenvalue weighted by atomic mass is 32.1. The second-order valence-corrected chi connectivity index (χ2v) is 6.47. The first-order chi connectivity index (χ1) is 11.6. The number of hydrogen-bond donors (Lipinski definition) is 0. The smallest absolute Gasteiger partial charge is 0.300 e. The van der Waals surface area contributed by atoms with Crippen molar-refractivity contribution < 1.29 is 4.79 Å². The summed E-state index contributed by atoms with van der Waals surface area (Å²) in [6.45, 7) is 2.55. The zero-order valence-corrected chi connectivity index (χ0v) is 14.4. The number of rotatable bonds is 4. The zero-order valence-electron chi connectivity index (χ0n) is 13.6. The fraction of sp³-hybridized carbons (Fsp3) is 0.294. The second-order valence-electron chi connectivity index (χ2n) is 5.46. The lowest BCUT2D eigenvalue weighted by atomic mass is 10.3. The van der Waals surface area contributed by atoms with Crippen molar-refractivity contribution in [2.75, 3.05) is 0 Å². The Balaban J connectivity index is 1.99. The van der Waals surface area contributed by atoms with Crippen LogP contribution < -0.4 is 10.4 Å². The molecule has 0 bridgehead atoms. The van der Waals surface area contributed by atoms with Gasteiger partial charge in [-0.15, -0.1) is 0 Å². The molecule has 0 saturated carbocycles. The van der Waals surface area contributed by atoms with Gasteiger partial charge in [-0.05, 0) is 24.6 Å². The van der Waals surface area contributed by atoms with Crippen LogP contribution in [0.1, 0.15) is 30.3 Å². The number of fused-ring (bicyclic) bond motifs is 1. The van der Waals surface area contributed by atoms with Crippen LogP contribution >= 0.6 is 11.3 Å².